The van der Waals surface area contributed by atoms with E-state index < -0.39 is 0 Å². The zero-order valence-electron chi connectivity index (χ0n) is 12.0. The fraction of sp³-hybridized carbons (Fsp3) is 0.625. The number of nitrogens with zero attached hydrogens (tertiary/aromatic N) is 1. The molecule has 2 nitrogen and oxygen atoms in total. The summed E-state index contributed by atoms with van der Waals surface area (Å²) in [5.41, 5.74) is 7.53. The highest BCUT2D eigenvalue weighted by atomic mass is 19.1. The molecule has 1 aliphatic heterocycles. The normalized spacial score (nSPS) is 25.5. The van der Waals surface area contributed by atoms with Gasteiger partial charge in [-0.25, -0.2) is 4.39 Å². The van der Waals surface area contributed by atoms with E-state index in [1.165, 1.54) is 12.8 Å². The van der Waals surface area contributed by atoms with E-state index in [1.807, 2.05) is 12.1 Å². The Kier molecular flexibility index (Phi) is 4.94. The Bertz CT molecular complexity index is 388. The molecule has 106 valence electrons. The first-order chi connectivity index (χ1) is 9.08. The maximum Gasteiger partial charge on any atom is 0.123 e. The Balaban J connectivity index is 2.25. The van der Waals surface area contributed by atoms with Crippen molar-refractivity contribution >= 4 is 0 Å². The SMILES string of the molecule is CC(C)CN1CCCCC(N)C1c1ccc(F)cc1. The van der Waals surface area contributed by atoms with Gasteiger partial charge in [-0.3, -0.25) is 4.90 Å². The van der Waals surface area contributed by atoms with Crippen LogP contribution in [0.1, 0.15) is 44.7 Å². The van der Waals surface area contributed by atoms with Crippen molar-refractivity contribution in [2.24, 2.45) is 11.7 Å². The third-order valence-electron chi connectivity index (χ3n) is 3.84. The molecular formula is C16H25FN2. The number of rotatable bonds is 3. The molecule has 1 saturated heterocycles. The molecule has 1 aromatic rings. The molecule has 19 heavy (non-hydrogen) atoms. The minimum atomic E-state index is -0.179. The van der Waals surface area contributed by atoms with Crippen LogP contribution >= 0.6 is 0 Å². The summed E-state index contributed by atoms with van der Waals surface area (Å²) in [6.07, 6.45) is 3.45. The van der Waals surface area contributed by atoms with Crippen molar-refractivity contribution in [1.82, 2.24) is 4.90 Å². The molecule has 1 fully saturated rings. The van der Waals surface area contributed by atoms with Gasteiger partial charge in [0.25, 0.3) is 0 Å². The lowest BCUT2D eigenvalue weighted by Crippen LogP contribution is -2.41. The van der Waals surface area contributed by atoms with Crippen LogP contribution in [0.15, 0.2) is 24.3 Å². The number of benzene rings is 1. The van der Waals surface area contributed by atoms with Crippen molar-refractivity contribution < 1.29 is 4.39 Å². The first-order valence-corrected chi connectivity index (χ1v) is 7.33. The summed E-state index contributed by atoms with van der Waals surface area (Å²) >= 11 is 0. The molecule has 0 spiro atoms. The Hall–Kier alpha value is -0.930. The third kappa shape index (κ3) is 3.77. The second kappa shape index (κ2) is 6.49. The van der Waals surface area contributed by atoms with Gasteiger partial charge in [0.2, 0.25) is 0 Å². The second-order valence-electron chi connectivity index (χ2n) is 6.04. The summed E-state index contributed by atoms with van der Waals surface area (Å²) in [4.78, 5) is 2.48. The van der Waals surface area contributed by atoms with Gasteiger partial charge in [-0.2, -0.15) is 0 Å². The van der Waals surface area contributed by atoms with Crippen LogP contribution in [0.4, 0.5) is 4.39 Å². The summed E-state index contributed by atoms with van der Waals surface area (Å²) in [5, 5.41) is 0. The van der Waals surface area contributed by atoms with Crippen molar-refractivity contribution in [3.63, 3.8) is 0 Å². The molecular weight excluding hydrogens is 239 g/mol. The molecule has 1 aromatic carbocycles. The highest BCUT2D eigenvalue weighted by molar-refractivity contribution is 5.22. The van der Waals surface area contributed by atoms with Gasteiger partial charge in [0.15, 0.2) is 0 Å². The van der Waals surface area contributed by atoms with Crippen LogP contribution in [0.5, 0.6) is 0 Å². The molecule has 0 aliphatic carbocycles. The van der Waals surface area contributed by atoms with Crippen LogP contribution in [0, 0.1) is 11.7 Å². The molecule has 3 heteroatoms. The van der Waals surface area contributed by atoms with E-state index in [0.717, 1.165) is 25.1 Å². The topological polar surface area (TPSA) is 29.3 Å². The van der Waals surface area contributed by atoms with E-state index >= 15 is 0 Å². The smallest absolute Gasteiger partial charge is 0.123 e. The average molecular weight is 264 g/mol. The minimum absolute atomic E-state index is 0.145. The lowest BCUT2D eigenvalue weighted by Gasteiger charge is -2.35. The highest BCUT2D eigenvalue weighted by Crippen LogP contribution is 2.30. The fourth-order valence-electron chi connectivity index (χ4n) is 3.05. The molecule has 2 rings (SSSR count). The van der Waals surface area contributed by atoms with Crippen LogP contribution in [-0.4, -0.2) is 24.0 Å². The predicted molar refractivity (Wildman–Crippen MR) is 77.4 cm³/mol. The standard InChI is InChI=1S/C16H25FN2/c1-12(2)11-19-10-4-3-5-15(18)16(19)13-6-8-14(17)9-7-13/h6-9,12,15-16H,3-5,10-11,18H2,1-2H3. The van der Waals surface area contributed by atoms with Gasteiger partial charge < -0.3 is 5.73 Å². The molecule has 1 heterocycles. The summed E-state index contributed by atoms with van der Waals surface area (Å²) in [7, 11) is 0. The van der Waals surface area contributed by atoms with E-state index in [2.05, 4.69) is 18.7 Å². The van der Waals surface area contributed by atoms with Crippen molar-refractivity contribution in [3.8, 4) is 0 Å². The van der Waals surface area contributed by atoms with E-state index in [-0.39, 0.29) is 17.9 Å². The number of hydrogen-bond acceptors (Lipinski definition) is 2. The first-order valence-electron chi connectivity index (χ1n) is 7.33. The van der Waals surface area contributed by atoms with Gasteiger partial charge >= 0.3 is 0 Å². The van der Waals surface area contributed by atoms with Crippen molar-refractivity contribution in [3.05, 3.63) is 35.6 Å². The van der Waals surface area contributed by atoms with Gasteiger partial charge in [-0.1, -0.05) is 32.4 Å². The third-order valence-corrected chi connectivity index (χ3v) is 3.84. The Morgan fingerprint density at radius 3 is 2.58 bits per heavy atom. The second-order valence-corrected chi connectivity index (χ2v) is 6.04. The van der Waals surface area contributed by atoms with Gasteiger partial charge in [0.1, 0.15) is 5.82 Å². The molecule has 2 atom stereocenters. The Morgan fingerprint density at radius 1 is 1.26 bits per heavy atom. The minimum Gasteiger partial charge on any atom is -0.326 e. The summed E-state index contributed by atoms with van der Waals surface area (Å²) in [6, 6.07) is 7.23. The molecule has 2 unspecified atom stereocenters. The molecule has 2 N–H and O–H groups in total. The number of halogens is 1. The first kappa shape index (κ1) is 14.5. The van der Waals surface area contributed by atoms with Crippen molar-refractivity contribution in [2.45, 2.75) is 45.2 Å². The highest BCUT2D eigenvalue weighted by Gasteiger charge is 2.28. The van der Waals surface area contributed by atoms with E-state index in [1.54, 1.807) is 12.1 Å². The monoisotopic (exact) mass is 264 g/mol. The van der Waals surface area contributed by atoms with Gasteiger partial charge in [-0.05, 0) is 43.0 Å². The Labute approximate surface area is 115 Å². The van der Waals surface area contributed by atoms with Crippen LogP contribution in [-0.2, 0) is 0 Å². The zero-order valence-corrected chi connectivity index (χ0v) is 12.0. The maximum absolute atomic E-state index is 13.1. The lowest BCUT2D eigenvalue weighted by molar-refractivity contribution is 0.165. The predicted octanol–water partition coefficient (Wildman–Crippen LogP) is 3.34. The Morgan fingerprint density at radius 2 is 1.95 bits per heavy atom. The number of hydrogen-bond donors (Lipinski definition) is 1. The van der Waals surface area contributed by atoms with Crippen molar-refractivity contribution in [1.29, 1.82) is 0 Å². The van der Waals surface area contributed by atoms with Gasteiger partial charge in [0, 0.05) is 18.6 Å². The van der Waals surface area contributed by atoms with E-state index in [4.69, 9.17) is 5.73 Å². The van der Waals surface area contributed by atoms with Gasteiger partial charge in [-0.15, -0.1) is 0 Å². The van der Waals surface area contributed by atoms with E-state index in [9.17, 15) is 4.39 Å². The van der Waals surface area contributed by atoms with Crippen molar-refractivity contribution in [2.75, 3.05) is 13.1 Å². The lowest BCUT2D eigenvalue weighted by atomic mass is 9.95. The molecule has 0 radical (unpaired) electrons. The number of likely N-dealkylation sites (tertiary alicyclic amines) is 1. The van der Waals surface area contributed by atoms with Gasteiger partial charge in [0.05, 0.1) is 0 Å². The maximum atomic E-state index is 13.1. The van der Waals surface area contributed by atoms with E-state index in [0.29, 0.717) is 5.92 Å². The summed E-state index contributed by atoms with van der Waals surface area (Å²) < 4.78 is 13.1. The molecule has 0 saturated carbocycles. The largest absolute Gasteiger partial charge is 0.326 e. The zero-order chi connectivity index (χ0) is 13.8. The van der Waals surface area contributed by atoms with Crippen LogP contribution in [0.25, 0.3) is 0 Å². The quantitative estimate of drug-likeness (QED) is 0.907. The molecule has 0 aromatic heterocycles. The van der Waals surface area contributed by atoms with Crippen LogP contribution in [0.2, 0.25) is 0 Å². The molecule has 1 aliphatic rings. The number of nitrogens with two attached hydrogens (primary N) is 1. The fourth-order valence-corrected chi connectivity index (χ4v) is 3.05. The molecule has 0 bridgehead atoms. The molecule has 0 amide bonds. The summed E-state index contributed by atoms with van der Waals surface area (Å²) in [5.74, 6) is 0.439. The average Bonchev–Trinajstić information content (AvgIpc) is 2.52. The summed E-state index contributed by atoms with van der Waals surface area (Å²) in [6.45, 7) is 6.61. The van der Waals surface area contributed by atoms with Crippen LogP contribution < -0.4 is 5.73 Å². The van der Waals surface area contributed by atoms with Crippen LogP contribution in [0.3, 0.4) is 0 Å².